The van der Waals surface area contributed by atoms with Crippen LogP contribution in [0.4, 0.5) is 27.6 Å². The topological polar surface area (TPSA) is 32.6 Å². The van der Waals surface area contributed by atoms with Crippen LogP contribution in [0.3, 0.4) is 0 Å². The highest BCUT2D eigenvalue weighted by molar-refractivity contribution is 5.87. The summed E-state index contributed by atoms with van der Waals surface area (Å²) in [4.78, 5) is 4.58. The van der Waals surface area contributed by atoms with E-state index in [-0.39, 0.29) is 29.4 Å². The number of hydrogen-bond donors (Lipinski definition) is 1. The number of nitrogens with zero attached hydrogens (tertiary/aromatic N) is 1. The molecule has 7 heteroatoms. The third-order valence-corrected chi connectivity index (χ3v) is 6.32. The molecule has 0 unspecified atom stereocenters. The lowest BCUT2D eigenvalue weighted by Crippen LogP contribution is -2.17. The summed E-state index contributed by atoms with van der Waals surface area (Å²) in [5.74, 6) is -9.49. The van der Waals surface area contributed by atoms with E-state index in [9.17, 15) is 27.1 Å². The molecule has 0 bridgehead atoms. The van der Waals surface area contributed by atoms with Crippen molar-refractivity contribution in [2.45, 2.75) is 71.6 Å². The molecule has 0 atom stereocenters. The lowest BCUT2D eigenvalue weighted by atomic mass is 9.79. The van der Waals surface area contributed by atoms with Gasteiger partial charge >= 0.3 is 0 Å². The van der Waals surface area contributed by atoms with Gasteiger partial charge in [-0.25, -0.2) is 22.0 Å². The maximum absolute atomic E-state index is 14.0. The predicted molar refractivity (Wildman–Crippen MR) is 137 cm³/mol. The first kappa shape index (κ1) is 28.4. The van der Waals surface area contributed by atoms with Crippen LogP contribution in [0.2, 0.25) is 0 Å². The number of rotatable bonds is 6. The zero-order valence-electron chi connectivity index (χ0n) is 21.9. The summed E-state index contributed by atoms with van der Waals surface area (Å²) >= 11 is 0. The highest BCUT2D eigenvalue weighted by atomic mass is 19.2. The number of phenolic OH excluding ortho intramolecular Hbond substituents is 1. The van der Waals surface area contributed by atoms with Gasteiger partial charge in [0.15, 0.2) is 23.3 Å². The van der Waals surface area contributed by atoms with E-state index in [0.29, 0.717) is 17.7 Å². The van der Waals surface area contributed by atoms with Crippen molar-refractivity contribution in [3.05, 3.63) is 93.3 Å². The smallest absolute Gasteiger partial charge is 0.200 e. The molecule has 0 spiro atoms. The fourth-order valence-corrected chi connectivity index (χ4v) is 4.07. The van der Waals surface area contributed by atoms with Gasteiger partial charge in [0, 0.05) is 22.9 Å². The van der Waals surface area contributed by atoms with Crippen LogP contribution in [0.1, 0.15) is 75.8 Å². The Labute approximate surface area is 214 Å². The monoisotopic (exact) mass is 517 g/mol. The van der Waals surface area contributed by atoms with Crippen LogP contribution in [0, 0.1) is 29.1 Å². The maximum Gasteiger partial charge on any atom is 0.200 e. The minimum Gasteiger partial charge on any atom is -0.507 e. The van der Waals surface area contributed by atoms with Crippen LogP contribution < -0.4 is 0 Å². The Hall–Kier alpha value is -3.22. The number of para-hydroxylation sites is 1. The Kier molecular flexibility index (Phi) is 8.15. The largest absolute Gasteiger partial charge is 0.507 e. The van der Waals surface area contributed by atoms with Crippen molar-refractivity contribution >= 4 is 11.9 Å². The zero-order valence-corrected chi connectivity index (χ0v) is 21.9. The number of aromatic hydroxyl groups is 1. The normalized spacial score (nSPS) is 12.5. The second-order valence-electron chi connectivity index (χ2n) is 11.3. The average Bonchev–Trinajstić information content (AvgIpc) is 2.82. The number of halogens is 5. The van der Waals surface area contributed by atoms with Crippen molar-refractivity contribution in [3.8, 4) is 5.75 Å². The molecule has 3 aromatic rings. The van der Waals surface area contributed by atoms with Crippen molar-refractivity contribution in [1.82, 2.24) is 0 Å². The summed E-state index contributed by atoms with van der Waals surface area (Å²) in [5.41, 5.74) is 2.46. The van der Waals surface area contributed by atoms with Crippen LogP contribution in [0.25, 0.3) is 0 Å². The van der Waals surface area contributed by atoms with Crippen LogP contribution >= 0.6 is 0 Å². The summed E-state index contributed by atoms with van der Waals surface area (Å²) in [6.45, 7) is 12.3. The molecule has 3 aromatic carbocycles. The van der Waals surface area contributed by atoms with Gasteiger partial charge < -0.3 is 5.11 Å². The first-order chi connectivity index (χ1) is 17.1. The van der Waals surface area contributed by atoms with Gasteiger partial charge in [0.05, 0.1) is 5.69 Å². The molecule has 37 heavy (non-hydrogen) atoms. The number of benzene rings is 3. The van der Waals surface area contributed by atoms with E-state index in [1.165, 1.54) is 0 Å². The molecule has 3 rings (SSSR count). The van der Waals surface area contributed by atoms with Gasteiger partial charge in [0.25, 0.3) is 0 Å². The van der Waals surface area contributed by atoms with Crippen LogP contribution in [0.5, 0.6) is 5.75 Å². The quantitative estimate of drug-likeness (QED) is 0.151. The Morgan fingerprint density at radius 1 is 0.757 bits per heavy atom. The Morgan fingerprint density at radius 3 is 1.89 bits per heavy atom. The lowest BCUT2D eigenvalue weighted by molar-refractivity contribution is 0.369. The molecule has 0 aromatic heterocycles. The van der Waals surface area contributed by atoms with Gasteiger partial charge in [0.1, 0.15) is 5.75 Å². The number of phenols is 1. The Bertz CT molecular complexity index is 1300. The minimum absolute atomic E-state index is 0.143. The third-order valence-electron chi connectivity index (χ3n) is 6.32. The van der Waals surface area contributed by atoms with E-state index in [1.807, 2.05) is 32.9 Å². The highest BCUT2D eigenvalue weighted by Crippen LogP contribution is 2.37. The molecule has 0 radical (unpaired) electrons. The lowest BCUT2D eigenvalue weighted by Gasteiger charge is -2.27. The number of aryl methyl sites for hydroxylation is 1. The van der Waals surface area contributed by atoms with E-state index >= 15 is 0 Å². The molecule has 198 valence electrons. The van der Waals surface area contributed by atoms with Crippen molar-refractivity contribution in [2.24, 2.45) is 4.99 Å². The van der Waals surface area contributed by atoms with Crippen molar-refractivity contribution in [1.29, 1.82) is 0 Å². The summed E-state index contributed by atoms with van der Waals surface area (Å²) in [6.07, 6.45) is 1.70. The summed E-state index contributed by atoms with van der Waals surface area (Å²) in [5, 5.41) is 11.0. The molecule has 0 saturated heterocycles. The van der Waals surface area contributed by atoms with Gasteiger partial charge in [-0.1, -0.05) is 65.8 Å². The zero-order chi connectivity index (χ0) is 27.7. The molecule has 1 N–H and O–H groups in total. The summed E-state index contributed by atoms with van der Waals surface area (Å²) < 4.78 is 68.4. The van der Waals surface area contributed by atoms with Gasteiger partial charge in [-0.05, 0) is 53.4 Å². The second-order valence-corrected chi connectivity index (χ2v) is 11.3. The Morgan fingerprint density at radius 2 is 1.32 bits per heavy atom. The highest BCUT2D eigenvalue weighted by Gasteiger charge is 2.26. The fourth-order valence-electron chi connectivity index (χ4n) is 4.07. The molecule has 0 aliphatic rings. The first-order valence-corrected chi connectivity index (χ1v) is 12.1. The van der Waals surface area contributed by atoms with E-state index in [2.05, 4.69) is 25.8 Å². The molecular formula is C30H32F5NO. The number of aliphatic imine (C=N–C) groups is 1. The third kappa shape index (κ3) is 6.20. The van der Waals surface area contributed by atoms with Gasteiger partial charge in [-0.2, -0.15) is 0 Å². The molecule has 0 aliphatic carbocycles. The fraction of sp³-hybridized carbons (Fsp3) is 0.367. The maximum atomic E-state index is 14.0. The first-order valence-electron chi connectivity index (χ1n) is 12.1. The van der Waals surface area contributed by atoms with Crippen molar-refractivity contribution in [3.63, 3.8) is 0 Å². The molecule has 2 nitrogen and oxygen atoms in total. The van der Waals surface area contributed by atoms with E-state index in [1.54, 1.807) is 30.5 Å². The van der Waals surface area contributed by atoms with Crippen LogP contribution in [0.15, 0.2) is 41.4 Å². The summed E-state index contributed by atoms with van der Waals surface area (Å²) in [6, 6.07) is 11.0. The molecule has 0 heterocycles. The molecule has 0 aliphatic heterocycles. The number of hydrogen-bond acceptors (Lipinski definition) is 2. The molecule has 0 saturated carbocycles. The predicted octanol–water partition coefficient (Wildman–Crippen LogP) is 8.61. The van der Waals surface area contributed by atoms with E-state index < -0.39 is 34.6 Å². The summed E-state index contributed by atoms with van der Waals surface area (Å²) in [7, 11) is 0. The van der Waals surface area contributed by atoms with E-state index in [0.717, 1.165) is 16.7 Å². The van der Waals surface area contributed by atoms with Crippen LogP contribution in [-0.4, -0.2) is 11.3 Å². The molecular weight excluding hydrogens is 485 g/mol. The van der Waals surface area contributed by atoms with Gasteiger partial charge in [-0.15, -0.1) is 0 Å². The minimum atomic E-state index is -2.16. The molecule has 0 amide bonds. The second kappa shape index (κ2) is 10.6. The Balaban J connectivity index is 1.89. The average molecular weight is 518 g/mol. The van der Waals surface area contributed by atoms with Gasteiger partial charge in [-0.3, -0.25) is 4.99 Å². The SMILES string of the molecule is CC(C)(C)c1cc(C=Nc2ccccc2CCCc2c(F)c(F)c(F)c(F)c2F)c(O)c(C(C)(C)C)c1. The van der Waals surface area contributed by atoms with Crippen molar-refractivity contribution in [2.75, 3.05) is 0 Å². The van der Waals surface area contributed by atoms with E-state index in [4.69, 9.17) is 0 Å². The molecule has 0 fully saturated rings. The van der Waals surface area contributed by atoms with Crippen LogP contribution in [-0.2, 0) is 23.7 Å². The van der Waals surface area contributed by atoms with Crippen molar-refractivity contribution < 1.29 is 27.1 Å². The van der Waals surface area contributed by atoms with Gasteiger partial charge in [0.2, 0.25) is 5.82 Å². The standard InChI is InChI=1S/C30H32F5NO/c1-29(2,3)19-14-18(28(37)21(15-19)30(4,5)6)16-36-22-13-8-7-10-17(22)11-9-12-20-23(31)25(33)27(35)26(34)24(20)32/h7-8,10,13-16,37H,9,11-12H2,1-6H3.